The molecular formula is C47H89NO4. The molecule has 306 valence electrons. The highest BCUT2D eigenvalue weighted by atomic mass is 16.3. The lowest BCUT2D eigenvalue weighted by Crippen LogP contribution is -2.48. The van der Waals surface area contributed by atoms with Gasteiger partial charge in [-0.15, -0.1) is 0 Å². The molecule has 1 amide bonds. The van der Waals surface area contributed by atoms with E-state index in [0.29, 0.717) is 6.42 Å². The van der Waals surface area contributed by atoms with Crippen molar-refractivity contribution in [2.75, 3.05) is 6.61 Å². The van der Waals surface area contributed by atoms with Gasteiger partial charge in [-0.3, -0.25) is 4.79 Å². The Morgan fingerprint density at radius 3 is 1.17 bits per heavy atom. The molecule has 0 fully saturated rings. The van der Waals surface area contributed by atoms with Crippen LogP contribution in [0.5, 0.6) is 0 Å². The second-order valence-corrected chi connectivity index (χ2v) is 15.6. The molecule has 0 saturated heterocycles. The molecule has 0 spiro atoms. The summed E-state index contributed by atoms with van der Waals surface area (Å²) in [5, 5.41) is 33.1. The van der Waals surface area contributed by atoms with Crippen molar-refractivity contribution in [1.82, 2.24) is 5.32 Å². The normalized spacial score (nSPS) is 13.9. The zero-order valence-electron chi connectivity index (χ0n) is 34.7. The quantitative estimate of drug-likeness (QED) is 0.0372. The van der Waals surface area contributed by atoms with Crippen LogP contribution in [-0.2, 0) is 4.79 Å². The van der Waals surface area contributed by atoms with Crippen molar-refractivity contribution in [3.63, 3.8) is 0 Å². The highest BCUT2D eigenvalue weighted by Gasteiger charge is 2.22. The van der Waals surface area contributed by atoms with E-state index in [2.05, 4.69) is 43.5 Å². The SMILES string of the molecule is CCCCCCCC/C=C\CCCCCCCCC(O)C(=O)NC(CO)C(O)/C=C/CC/C=C/CCCCCCCCCCCCCCCCCC. The van der Waals surface area contributed by atoms with E-state index in [0.717, 1.165) is 38.5 Å². The minimum Gasteiger partial charge on any atom is -0.394 e. The maximum Gasteiger partial charge on any atom is 0.249 e. The Morgan fingerprint density at radius 2 is 0.788 bits per heavy atom. The molecule has 0 aromatic carbocycles. The van der Waals surface area contributed by atoms with Gasteiger partial charge in [0.2, 0.25) is 5.91 Å². The fourth-order valence-electron chi connectivity index (χ4n) is 6.84. The van der Waals surface area contributed by atoms with E-state index in [1.165, 1.54) is 173 Å². The first-order chi connectivity index (χ1) is 25.6. The number of rotatable bonds is 41. The van der Waals surface area contributed by atoms with E-state index in [-0.39, 0.29) is 6.61 Å². The number of unbranched alkanes of at least 4 members (excludes halogenated alkanes) is 29. The van der Waals surface area contributed by atoms with E-state index < -0.39 is 24.2 Å². The lowest BCUT2D eigenvalue weighted by molar-refractivity contribution is -0.131. The van der Waals surface area contributed by atoms with Crippen molar-refractivity contribution in [2.24, 2.45) is 0 Å². The number of amides is 1. The topological polar surface area (TPSA) is 89.8 Å². The van der Waals surface area contributed by atoms with Crippen LogP contribution in [0.1, 0.15) is 232 Å². The first kappa shape index (κ1) is 50.6. The average Bonchev–Trinajstić information content (AvgIpc) is 3.15. The number of allylic oxidation sites excluding steroid dienone is 5. The molecule has 0 aromatic rings. The number of aliphatic hydroxyl groups is 3. The number of hydrogen-bond acceptors (Lipinski definition) is 4. The number of nitrogens with one attached hydrogen (secondary N) is 1. The molecule has 0 rings (SSSR count). The molecule has 0 saturated carbocycles. The van der Waals surface area contributed by atoms with Gasteiger partial charge < -0.3 is 20.6 Å². The molecule has 4 N–H and O–H groups in total. The van der Waals surface area contributed by atoms with Crippen molar-refractivity contribution in [1.29, 1.82) is 0 Å². The van der Waals surface area contributed by atoms with Gasteiger partial charge in [0.05, 0.1) is 18.8 Å². The number of carbonyl (C=O) groups is 1. The van der Waals surface area contributed by atoms with E-state index in [1.807, 2.05) is 6.08 Å². The van der Waals surface area contributed by atoms with Crippen LogP contribution in [-0.4, -0.2) is 46.1 Å². The minimum atomic E-state index is -1.11. The Kier molecular flexibility index (Phi) is 41.1. The molecule has 0 aromatic heterocycles. The van der Waals surface area contributed by atoms with Gasteiger partial charge in [0.25, 0.3) is 0 Å². The molecule has 0 heterocycles. The van der Waals surface area contributed by atoms with Crippen LogP contribution in [0.3, 0.4) is 0 Å². The predicted molar refractivity (Wildman–Crippen MR) is 227 cm³/mol. The maximum absolute atomic E-state index is 12.5. The van der Waals surface area contributed by atoms with Gasteiger partial charge in [0.1, 0.15) is 6.10 Å². The van der Waals surface area contributed by atoms with E-state index in [9.17, 15) is 20.1 Å². The van der Waals surface area contributed by atoms with Crippen LogP contribution in [0, 0.1) is 0 Å². The summed E-state index contributed by atoms with van der Waals surface area (Å²) in [6, 6.07) is -0.816. The molecular weight excluding hydrogens is 643 g/mol. The van der Waals surface area contributed by atoms with Gasteiger partial charge in [0.15, 0.2) is 0 Å². The lowest BCUT2D eigenvalue weighted by atomic mass is 10.0. The monoisotopic (exact) mass is 732 g/mol. The van der Waals surface area contributed by atoms with Crippen LogP contribution in [0.4, 0.5) is 0 Å². The Labute approximate surface area is 324 Å². The Bertz CT molecular complexity index is 809. The van der Waals surface area contributed by atoms with Gasteiger partial charge >= 0.3 is 0 Å². The van der Waals surface area contributed by atoms with Crippen molar-refractivity contribution >= 4 is 5.91 Å². The van der Waals surface area contributed by atoms with Gasteiger partial charge in [-0.1, -0.05) is 211 Å². The van der Waals surface area contributed by atoms with Gasteiger partial charge in [0, 0.05) is 0 Å². The molecule has 52 heavy (non-hydrogen) atoms. The first-order valence-electron chi connectivity index (χ1n) is 22.8. The summed E-state index contributed by atoms with van der Waals surface area (Å²) >= 11 is 0. The summed E-state index contributed by atoms with van der Waals surface area (Å²) in [6.07, 6.45) is 53.2. The van der Waals surface area contributed by atoms with Crippen LogP contribution in [0.2, 0.25) is 0 Å². The smallest absolute Gasteiger partial charge is 0.249 e. The summed E-state index contributed by atoms with van der Waals surface area (Å²) in [5.41, 5.74) is 0. The van der Waals surface area contributed by atoms with Crippen LogP contribution in [0.25, 0.3) is 0 Å². The number of hydrogen-bond donors (Lipinski definition) is 4. The third-order valence-electron chi connectivity index (χ3n) is 10.5. The molecule has 0 bridgehead atoms. The molecule has 5 heteroatoms. The summed E-state index contributed by atoms with van der Waals surface area (Å²) in [4.78, 5) is 12.5. The summed E-state index contributed by atoms with van der Waals surface area (Å²) in [5.74, 6) is -0.517. The van der Waals surface area contributed by atoms with Crippen molar-refractivity contribution in [3.05, 3.63) is 36.5 Å². The third-order valence-corrected chi connectivity index (χ3v) is 10.5. The molecule has 0 aliphatic carbocycles. The largest absolute Gasteiger partial charge is 0.394 e. The van der Waals surface area contributed by atoms with Crippen molar-refractivity contribution < 1.29 is 20.1 Å². The summed E-state index contributed by atoms with van der Waals surface area (Å²) in [7, 11) is 0. The molecule has 0 aliphatic heterocycles. The van der Waals surface area contributed by atoms with Gasteiger partial charge in [-0.2, -0.15) is 0 Å². The van der Waals surface area contributed by atoms with Gasteiger partial charge in [-0.05, 0) is 57.8 Å². The van der Waals surface area contributed by atoms with E-state index in [4.69, 9.17) is 0 Å². The summed E-state index contributed by atoms with van der Waals surface area (Å²) in [6.45, 7) is 4.17. The number of aliphatic hydroxyl groups excluding tert-OH is 3. The van der Waals surface area contributed by atoms with Crippen LogP contribution in [0.15, 0.2) is 36.5 Å². The molecule has 3 unspecified atom stereocenters. The van der Waals surface area contributed by atoms with Crippen molar-refractivity contribution in [2.45, 2.75) is 250 Å². The summed E-state index contributed by atoms with van der Waals surface area (Å²) < 4.78 is 0. The highest BCUT2D eigenvalue weighted by Crippen LogP contribution is 2.15. The second kappa shape index (κ2) is 42.3. The minimum absolute atomic E-state index is 0.378. The average molecular weight is 732 g/mol. The zero-order chi connectivity index (χ0) is 38.0. The van der Waals surface area contributed by atoms with E-state index >= 15 is 0 Å². The zero-order valence-corrected chi connectivity index (χ0v) is 34.7. The maximum atomic E-state index is 12.5. The van der Waals surface area contributed by atoms with Crippen LogP contribution >= 0.6 is 0 Å². The fraction of sp³-hybridized carbons (Fsp3) is 0.851. The molecule has 3 atom stereocenters. The Morgan fingerprint density at radius 1 is 0.462 bits per heavy atom. The predicted octanol–water partition coefficient (Wildman–Crippen LogP) is 13.2. The Hall–Kier alpha value is -1.43. The van der Waals surface area contributed by atoms with Crippen LogP contribution < -0.4 is 5.32 Å². The molecule has 0 aliphatic rings. The Balaban J connectivity index is 3.70. The van der Waals surface area contributed by atoms with Gasteiger partial charge in [-0.25, -0.2) is 0 Å². The fourth-order valence-corrected chi connectivity index (χ4v) is 6.84. The standard InChI is InChI=1S/C47H89NO4/c1-3-5-7-9-11-13-15-17-19-21-22-23-24-25-26-28-29-31-33-35-37-39-41-45(50)44(43-49)48-47(52)46(51)42-40-38-36-34-32-30-27-20-18-16-14-12-10-8-6-4-2/h18,20,31,33,39,41,44-46,49-51H,3-17,19,21-30,32,34-38,40,42-43H2,1-2H3,(H,48,52)/b20-18-,33-31+,41-39+. The molecule has 0 radical (unpaired) electrons. The first-order valence-corrected chi connectivity index (χ1v) is 22.8. The highest BCUT2D eigenvalue weighted by molar-refractivity contribution is 5.80. The third kappa shape index (κ3) is 36.9. The molecule has 5 nitrogen and oxygen atoms in total. The van der Waals surface area contributed by atoms with Crippen molar-refractivity contribution in [3.8, 4) is 0 Å². The number of carbonyl (C=O) groups excluding carboxylic acids is 1. The van der Waals surface area contributed by atoms with E-state index in [1.54, 1.807) is 6.08 Å². The lowest BCUT2D eigenvalue weighted by Gasteiger charge is -2.21. The second-order valence-electron chi connectivity index (χ2n) is 15.6.